The number of halogens is 1. The van der Waals surface area contributed by atoms with Crippen molar-refractivity contribution in [3.8, 4) is 0 Å². The number of carbonyl (C=O) groups excluding carboxylic acids is 1. The minimum Gasteiger partial charge on any atom is -0.465 e. The maximum atomic E-state index is 12.3. The summed E-state index contributed by atoms with van der Waals surface area (Å²) >= 11 is 5.85. The number of sulfone groups is 1. The molecule has 1 aromatic carbocycles. The van der Waals surface area contributed by atoms with E-state index in [4.69, 9.17) is 22.1 Å². The van der Waals surface area contributed by atoms with Crippen LogP contribution in [0.2, 0.25) is 5.02 Å². The van der Waals surface area contributed by atoms with Crippen LogP contribution in [0.5, 0.6) is 0 Å². The Morgan fingerprint density at radius 1 is 1.38 bits per heavy atom. The zero-order valence-corrected chi connectivity index (χ0v) is 13.4. The van der Waals surface area contributed by atoms with E-state index in [1.807, 2.05) is 0 Å². The molecule has 0 spiro atoms. The molecule has 0 heterocycles. The molecule has 0 amide bonds. The van der Waals surface area contributed by atoms with Gasteiger partial charge in [-0.05, 0) is 24.6 Å². The number of esters is 1. The van der Waals surface area contributed by atoms with Gasteiger partial charge in [-0.3, -0.25) is 4.79 Å². The summed E-state index contributed by atoms with van der Waals surface area (Å²) in [5.41, 5.74) is 5.29. The van der Waals surface area contributed by atoms with Crippen LogP contribution in [0.1, 0.15) is 18.4 Å². The van der Waals surface area contributed by atoms with Crippen LogP contribution in [0.25, 0.3) is 0 Å². The molecule has 2 N–H and O–H groups in total. The molecule has 21 heavy (non-hydrogen) atoms. The maximum Gasteiger partial charge on any atom is 0.315 e. The first-order chi connectivity index (χ1) is 9.79. The number of nitrogens with two attached hydrogens (primary N) is 1. The van der Waals surface area contributed by atoms with Crippen molar-refractivity contribution in [2.24, 2.45) is 11.1 Å². The zero-order chi connectivity index (χ0) is 15.8. The van der Waals surface area contributed by atoms with Gasteiger partial charge in [-0.1, -0.05) is 23.7 Å². The fourth-order valence-electron chi connectivity index (χ4n) is 3.01. The van der Waals surface area contributed by atoms with Gasteiger partial charge in [-0.2, -0.15) is 0 Å². The molecule has 0 aromatic heterocycles. The van der Waals surface area contributed by atoms with Crippen molar-refractivity contribution in [3.63, 3.8) is 0 Å². The summed E-state index contributed by atoms with van der Waals surface area (Å²) in [7, 11) is -3.43. The molecule has 0 aliphatic heterocycles. The summed E-state index contributed by atoms with van der Waals surface area (Å²) in [5, 5.41) is -0.306. The first-order valence-electron chi connectivity index (χ1n) is 6.60. The summed E-state index contributed by atoms with van der Waals surface area (Å²) in [6, 6.07) is 6.78. The van der Waals surface area contributed by atoms with Crippen LogP contribution in [0, 0.1) is 5.41 Å². The van der Waals surface area contributed by atoms with Gasteiger partial charge in [0.25, 0.3) is 0 Å². The first-order valence-corrected chi connectivity index (χ1v) is 8.94. The highest BCUT2D eigenvalue weighted by Crippen LogP contribution is 2.62. The fourth-order valence-corrected chi connectivity index (χ4v) is 5.06. The second kappa shape index (κ2) is 5.59. The van der Waals surface area contributed by atoms with Gasteiger partial charge in [0.05, 0.1) is 11.9 Å². The Bertz CT molecular complexity index is 643. The Morgan fingerprint density at radius 2 is 1.95 bits per heavy atom. The summed E-state index contributed by atoms with van der Waals surface area (Å²) < 4.78 is 29.1. The van der Waals surface area contributed by atoms with Crippen LogP contribution in [0.15, 0.2) is 24.3 Å². The lowest BCUT2D eigenvalue weighted by Gasteiger charge is -2.14. The number of carbonyl (C=O) groups is 1. The van der Waals surface area contributed by atoms with Gasteiger partial charge in [0.15, 0.2) is 9.84 Å². The molecule has 1 aliphatic carbocycles. The van der Waals surface area contributed by atoms with Gasteiger partial charge in [0.2, 0.25) is 0 Å². The molecule has 1 aromatic rings. The molecule has 0 unspecified atom stereocenters. The molecule has 116 valence electrons. The van der Waals surface area contributed by atoms with E-state index in [0.717, 1.165) is 11.8 Å². The van der Waals surface area contributed by atoms with E-state index in [0.29, 0.717) is 5.02 Å². The highest BCUT2D eigenvalue weighted by Gasteiger charge is 2.74. The summed E-state index contributed by atoms with van der Waals surface area (Å²) in [6.45, 7) is 1.79. The fraction of sp³-hybridized carbons (Fsp3) is 0.500. The summed E-state index contributed by atoms with van der Waals surface area (Å²) in [5.74, 6) is -1.04. The van der Waals surface area contributed by atoms with E-state index < -0.39 is 32.4 Å². The van der Waals surface area contributed by atoms with Gasteiger partial charge < -0.3 is 10.5 Å². The predicted octanol–water partition coefficient (Wildman–Crippen LogP) is 1.36. The zero-order valence-electron chi connectivity index (χ0n) is 11.9. The molecule has 7 heteroatoms. The van der Waals surface area contributed by atoms with Gasteiger partial charge in [0, 0.05) is 23.7 Å². The summed E-state index contributed by atoms with van der Waals surface area (Å²) in [6.07, 6.45) is 1.12. The van der Waals surface area contributed by atoms with Gasteiger partial charge in [-0.25, -0.2) is 8.42 Å². The first kappa shape index (κ1) is 16.3. The standard InChI is InChI=1S/C14H18ClNO4S/c1-3-20-13(17)14(8-16)11(12(14)21(2,18)19)9-4-6-10(15)7-5-9/h4-7,11-12H,3,8,16H2,1-2H3/t11-,12+,14-/m1/s1. The lowest BCUT2D eigenvalue weighted by atomic mass is 9.99. The van der Waals surface area contributed by atoms with E-state index in [1.165, 1.54) is 0 Å². The lowest BCUT2D eigenvalue weighted by Crippen LogP contribution is -2.33. The van der Waals surface area contributed by atoms with E-state index in [-0.39, 0.29) is 13.2 Å². The van der Waals surface area contributed by atoms with E-state index in [9.17, 15) is 13.2 Å². The number of benzene rings is 1. The third-order valence-electron chi connectivity index (χ3n) is 3.94. The Hall–Kier alpha value is -1.11. The minimum absolute atomic E-state index is 0.0726. The monoisotopic (exact) mass is 331 g/mol. The third kappa shape index (κ3) is 2.67. The van der Waals surface area contributed by atoms with E-state index >= 15 is 0 Å². The van der Waals surface area contributed by atoms with E-state index in [1.54, 1.807) is 31.2 Å². The van der Waals surface area contributed by atoms with Crippen molar-refractivity contribution in [2.45, 2.75) is 18.1 Å². The number of rotatable bonds is 5. The average molecular weight is 332 g/mol. The highest BCUT2D eigenvalue weighted by molar-refractivity contribution is 7.91. The Morgan fingerprint density at radius 3 is 2.38 bits per heavy atom. The minimum atomic E-state index is -3.43. The van der Waals surface area contributed by atoms with Crippen molar-refractivity contribution in [1.82, 2.24) is 0 Å². The molecular weight excluding hydrogens is 314 g/mol. The molecule has 1 saturated carbocycles. The number of hydrogen-bond acceptors (Lipinski definition) is 5. The van der Waals surface area contributed by atoms with Crippen LogP contribution in [-0.4, -0.2) is 39.0 Å². The van der Waals surface area contributed by atoms with Crippen molar-refractivity contribution >= 4 is 27.4 Å². The van der Waals surface area contributed by atoms with Crippen molar-refractivity contribution in [3.05, 3.63) is 34.9 Å². The van der Waals surface area contributed by atoms with Crippen LogP contribution in [-0.2, 0) is 19.4 Å². The van der Waals surface area contributed by atoms with Crippen LogP contribution in [0.4, 0.5) is 0 Å². The molecule has 1 fully saturated rings. The normalized spacial score (nSPS) is 28.2. The Kier molecular flexibility index (Phi) is 4.33. The summed E-state index contributed by atoms with van der Waals surface area (Å²) in [4.78, 5) is 12.3. The second-order valence-electron chi connectivity index (χ2n) is 5.24. The highest BCUT2D eigenvalue weighted by atomic mass is 35.5. The molecule has 3 atom stereocenters. The maximum absolute atomic E-state index is 12.3. The number of ether oxygens (including phenoxy) is 1. The van der Waals surface area contributed by atoms with Crippen molar-refractivity contribution < 1.29 is 17.9 Å². The largest absolute Gasteiger partial charge is 0.465 e. The molecular formula is C14H18ClNO4S. The Balaban J connectivity index is 2.47. The van der Waals surface area contributed by atoms with Gasteiger partial charge >= 0.3 is 5.97 Å². The van der Waals surface area contributed by atoms with E-state index in [2.05, 4.69) is 0 Å². The van der Waals surface area contributed by atoms with Crippen molar-refractivity contribution in [1.29, 1.82) is 0 Å². The SMILES string of the molecule is CCOC(=O)[C@]1(CN)[C@H](c2ccc(Cl)cc2)[C@@H]1S(C)(=O)=O. The molecule has 0 bridgehead atoms. The second-order valence-corrected chi connectivity index (χ2v) is 7.85. The third-order valence-corrected chi connectivity index (χ3v) is 5.81. The molecule has 2 rings (SSSR count). The Labute approximate surface area is 129 Å². The molecule has 0 radical (unpaired) electrons. The van der Waals surface area contributed by atoms with Crippen LogP contribution in [0.3, 0.4) is 0 Å². The lowest BCUT2D eigenvalue weighted by molar-refractivity contribution is -0.149. The van der Waals surface area contributed by atoms with Crippen LogP contribution < -0.4 is 5.73 Å². The van der Waals surface area contributed by atoms with Crippen LogP contribution >= 0.6 is 11.6 Å². The van der Waals surface area contributed by atoms with Crippen molar-refractivity contribution in [2.75, 3.05) is 19.4 Å². The predicted molar refractivity (Wildman–Crippen MR) is 80.9 cm³/mol. The molecule has 0 saturated heterocycles. The quantitative estimate of drug-likeness (QED) is 0.823. The van der Waals surface area contributed by atoms with Gasteiger partial charge in [0.1, 0.15) is 5.41 Å². The molecule has 5 nitrogen and oxygen atoms in total. The smallest absolute Gasteiger partial charge is 0.315 e. The topological polar surface area (TPSA) is 86.5 Å². The average Bonchev–Trinajstić information content (AvgIpc) is 3.10. The molecule has 1 aliphatic rings. The number of hydrogen-bond donors (Lipinski definition) is 1. The van der Waals surface area contributed by atoms with Gasteiger partial charge in [-0.15, -0.1) is 0 Å².